The first kappa shape index (κ1) is 14.9. The van der Waals surface area contributed by atoms with E-state index >= 15 is 0 Å². The molecule has 1 fully saturated rings. The Morgan fingerprint density at radius 2 is 2.25 bits per heavy atom. The Kier molecular flexibility index (Phi) is 4.69. The normalized spacial score (nSPS) is 22.8. The summed E-state index contributed by atoms with van der Waals surface area (Å²) < 4.78 is 3.84. The number of aromatic nitrogens is 2. The summed E-state index contributed by atoms with van der Waals surface area (Å²) >= 11 is 1.06. The molecule has 1 aromatic heterocycles. The summed E-state index contributed by atoms with van der Waals surface area (Å²) in [6.07, 6.45) is 3.25. The average Bonchev–Trinajstić information content (AvgIpc) is 2.86. The van der Waals surface area contributed by atoms with Crippen LogP contribution in [0.3, 0.4) is 0 Å². The number of rotatable bonds is 4. The second kappa shape index (κ2) is 6.30. The van der Waals surface area contributed by atoms with Crippen LogP contribution >= 0.6 is 11.5 Å². The van der Waals surface area contributed by atoms with Crippen molar-refractivity contribution in [2.45, 2.75) is 45.6 Å². The van der Waals surface area contributed by atoms with E-state index in [0.29, 0.717) is 23.5 Å². The SMILES string of the molecule is CCCc1nnsc1C(=O)N1CCCC(C)C1C(=O)O. The van der Waals surface area contributed by atoms with Gasteiger partial charge in [-0.15, -0.1) is 5.10 Å². The van der Waals surface area contributed by atoms with Crippen LogP contribution in [-0.2, 0) is 11.2 Å². The lowest BCUT2D eigenvalue weighted by atomic mass is 9.90. The van der Waals surface area contributed by atoms with Crippen LogP contribution in [0.1, 0.15) is 48.5 Å². The summed E-state index contributed by atoms with van der Waals surface area (Å²) in [4.78, 5) is 26.0. The molecule has 1 aromatic rings. The van der Waals surface area contributed by atoms with E-state index < -0.39 is 12.0 Å². The van der Waals surface area contributed by atoms with Gasteiger partial charge in [0.1, 0.15) is 10.9 Å². The van der Waals surface area contributed by atoms with Gasteiger partial charge in [-0.05, 0) is 36.7 Å². The molecule has 0 saturated carbocycles. The fraction of sp³-hybridized carbons (Fsp3) is 0.692. The third kappa shape index (κ3) is 2.82. The van der Waals surface area contributed by atoms with Gasteiger partial charge in [-0.3, -0.25) is 4.79 Å². The molecule has 1 amide bonds. The van der Waals surface area contributed by atoms with Gasteiger partial charge in [0.2, 0.25) is 0 Å². The highest BCUT2D eigenvalue weighted by atomic mass is 32.1. The van der Waals surface area contributed by atoms with Crippen LogP contribution in [0.5, 0.6) is 0 Å². The number of hydrogen-bond donors (Lipinski definition) is 1. The molecule has 1 saturated heterocycles. The molecular formula is C13H19N3O3S. The number of aryl methyl sites for hydroxylation is 1. The summed E-state index contributed by atoms with van der Waals surface area (Å²) in [6.45, 7) is 4.39. The Balaban J connectivity index is 2.26. The lowest BCUT2D eigenvalue weighted by Gasteiger charge is -2.37. The molecule has 1 N–H and O–H groups in total. The number of carbonyl (C=O) groups is 2. The van der Waals surface area contributed by atoms with Crippen molar-refractivity contribution in [2.24, 2.45) is 5.92 Å². The number of nitrogens with zero attached hydrogens (tertiary/aromatic N) is 3. The highest BCUT2D eigenvalue weighted by Crippen LogP contribution is 2.26. The molecule has 2 atom stereocenters. The molecule has 0 spiro atoms. The number of aliphatic carboxylic acids is 1. The minimum Gasteiger partial charge on any atom is -0.480 e. The third-order valence-corrected chi connectivity index (χ3v) is 4.44. The van der Waals surface area contributed by atoms with Crippen LogP contribution in [-0.4, -0.2) is 44.1 Å². The van der Waals surface area contributed by atoms with E-state index in [-0.39, 0.29) is 11.8 Å². The first-order valence-corrected chi connectivity index (χ1v) is 7.68. The standard InChI is InChI=1S/C13H19N3O3S/c1-3-5-9-11(20-15-14-9)12(17)16-7-4-6-8(2)10(16)13(18)19/h8,10H,3-7H2,1-2H3,(H,18,19). The number of carbonyl (C=O) groups excluding carboxylic acids is 1. The van der Waals surface area contributed by atoms with Gasteiger partial charge >= 0.3 is 5.97 Å². The predicted octanol–water partition coefficient (Wildman–Crippen LogP) is 1.82. The fourth-order valence-electron chi connectivity index (χ4n) is 2.69. The predicted molar refractivity (Wildman–Crippen MR) is 74.8 cm³/mol. The molecule has 0 aliphatic carbocycles. The van der Waals surface area contributed by atoms with Gasteiger partial charge in [0, 0.05) is 6.54 Å². The van der Waals surface area contributed by atoms with Crippen molar-refractivity contribution in [3.63, 3.8) is 0 Å². The third-order valence-electron chi connectivity index (χ3n) is 3.68. The van der Waals surface area contributed by atoms with Crippen LogP contribution in [0, 0.1) is 5.92 Å². The summed E-state index contributed by atoms with van der Waals surface area (Å²) in [5.41, 5.74) is 0.685. The molecule has 20 heavy (non-hydrogen) atoms. The maximum absolute atomic E-state index is 12.6. The number of amides is 1. The largest absolute Gasteiger partial charge is 0.480 e. The van der Waals surface area contributed by atoms with Crippen LogP contribution in [0.25, 0.3) is 0 Å². The van der Waals surface area contributed by atoms with Gasteiger partial charge in [0.05, 0.1) is 5.69 Å². The minimum atomic E-state index is -0.930. The van der Waals surface area contributed by atoms with Crippen LogP contribution < -0.4 is 0 Å². The van der Waals surface area contributed by atoms with Crippen molar-refractivity contribution in [1.82, 2.24) is 14.5 Å². The van der Waals surface area contributed by atoms with Crippen LogP contribution in [0.2, 0.25) is 0 Å². The topological polar surface area (TPSA) is 83.4 Å². The van der Waals surface area contributed by atoms with E-state index in [0.717, 1.165) is 30.8 Å². The number of piperidine rings is 1. The highest BCUT2D eigenvalue weighted by molar-refractivity contribution is 7.08. The Labute approximate surface area is 122 Å². The Morgan fingerprint density at radius 1 is 1.50 bits per heavy atom. The quantitative estimate of drug-likeness (QED) is 0.916. The molecule has 1 aliphatic heterocycles. The molecule has 2 rings (SSSR count). The van der Waals surface area contributed by atoms with E-state index in [4.69, 9.17) is 0 Å². The zero-order chi connectivity index (χ0) is 14.7. The minimum absolute atomic E-state index is 0.0271. The summed E-state index contributed by atoms with van der Waals surface area (Å²) in [5.74, 6) is -1.19. The zero-order valence-corrected chi connectivity index (χ0v) is 12.5. The Bertz CT molecular complexity index is 503. The molecule has 0 radical (unpaired) electrons. The van der Waals surface area contributed by atoms with Crippen molar-refractivity contribution in [3.8, 4) is 0 Å². The highest BCUT2D eigenvalue weighted by Gasteiger charge is 2.38. The number of likely N-dealkylation sites (tertiary alicyclic amines) is 1. The van der Waals surface area contributed by atoms with Gasteiger partial charge in [-0.1, -0.05) is 24.8 Å². The maximum atomic E-state index is 12.6. The molecule has 110 valence electrons. The van der Waals surface area contributed by atoms with Crippen LogP contribution in [0.4, 0.5) is 0 Å². The molecule has 2 heterocycles. The molecule has 6 nitrogen and oxygen atoms in total. The molecular weight excluding hydrogens is 278 g/mol. The average molecular weight is 297 g/mol. The molecule has 0 aromatic carbocycles. The van der Waals surface area contributed by atoms with Gasteiger partial charge in [0.25, 0.3) is 5.91 Å². The molecule has 7 heteroatoms. The van der Waals surface area contributed by atoms with Gasteiger partial charge < -0.3 is 10.0 Å². The van der Waals surface area contributed by atoms with Crippen molar-refractivity contribution >= 4 is 23.4 Å². The molecule has 1 aliphatic rings. The lowest BCUT2D eigenvalue weighted by Crippen LogP contribution is -2.51. The monoisotopic (exact) mass is 297 g/mol. The van der Waals surface area contributed by atoms with E-state index in [9.17, 15) is 14.7 Å². The summed E-state index contributed by atoms with van der Waals surface area (Å²) in [7, 11) is 0. The second-order valence-electron chi connectivity index (χ2n) is 5.20. The Hall–Kier alpha value is -1.50. The number of hydrogen-bond acceptors (Lipinski definition) is 5. The van der Waals surface area contributed by atoms with Crippen molar-refractivity contribution in [3.05, 3.63) is 10.6 Å². The van der Waals surface area contributed by atoms with E-state index in [1.165, 1.54) is 4.90 Å². The van der Waals surface area contributed by atoms with Crippen molar-refractivity contribution < 1.29 is 14.7 Å². The van der Waals surface area contributed by atoms with E-state index in [2.05, 4.69) is 9.59 Å². The second-order valence-corrected chi connectivity index (χ2v) is 5.95. The van der Waals surface area contributed by atoms with Gasteiger partial charge in [-0.25, -0.2) is 4.79 Å². The van der Waals surface area contributed by atoms with E-state index in [1.807, 2.05) is 13.8 Å². The first-order chi connectivity index (χ1) is 9.56. The number of carboxylic acid groups (broad SMARTS) is 1. The maximum Gasteiger partial charge on any atom is 0.326 e. The molecule has 0 bridgehead atoms. The number of carboxylic acids is 1. The zero-order valence-electron chi connectivity index (χ0n) is 11.7. The smallest absolute Gasteiger partial charge is 0.326 e. The van der Waals surface area contributed by atoms with Gasteiger partial charge in [0.15, 0.2) is 0 Å². The van der Waals surface area contributed by atoms with E-state index in [1.54, 1.807) is 0 Å². The Morgan fingerprint density at radius 3 is 2.90 bits per heavy atom. The van der Waals surface area contributed by atoms with Crippen molar-refractivity contribution in [1.29, 1.82) is 0 Å². The molecule has 2 unspecified atom stereocenters. The lowest BCUT2D eigenvalue weighted by molar-refractivity contribution is -0.145. The van der Waals surface area contributed by atoms with Crippen LogP contribution in [0.15, 0.2) is 0 Å². The fourth-order valence-corrected chi connectivity index (χ4v) is 3.36. The van der Waals surface area contributed by atoms with Crippen molar-refractivity contribution in [2.75, 3.05) is 6.54 Å². The summed E-state index contributed by atoms with van der Waals surface area (Å²) in [6, 6.07) is -0.743. The summed E-state index contributed by atoms with van der Waals surface area (Å²) in [5, 5.41) is 13.4. The first-order valence-electron chi connectivity index (χ1n) is 6.91. The van der Waals surface area contributed by atoms with Gasteiger partial charge in [-0.2, -0.15) is 0 Å².